The summed E-state index contributed by atoms with van der Waals surface area (Å²) in [4.78, 5) is 0. The first-order chi connectivity index (χ1) is 8.78. The highest BCUT2D eigenvalue weighted by atomic mass is 16.4. The standard InChI is InChI=1S/C17H33BO/c1-11(2)8-12(3)18(19-7)16-10-14-9-15(13(16)4)17(14,5)6/h11-16H,8-10H2,1-7H3/t12?,13-,14+,15+,16+/m0/s1. The van der Waals surface area contributed by atoms with Crippen LogP contribution in [-0.2, 0) is 4.65 Å². The van der Waals surface area contributed by atoms with Gasteiger partial charge in [0.25, 0.3) is 6.92 Å². The third-order valence-corrected chi connectivity index (χ3v) is 6.51. The Morgan fingerprint density at radius 1 is 1.21 bits per heavy atom. The Morgan fingerprint density at radius 3 is 2.26 bits per heavy atom. The van der Waals surface area contributed by atoms with Gasteiger partial charge in [0.05, 0.1) is 0 Å². The Bertz CT molecular complexity index is 312. The van der Waals surface area contributed by atoms with E-state index in [1.165, 1.54) is 19.3 Å². The van der Waals surface area contributed by atoms with Crippen LogP contribution in [0.3, 0.4) is 0 Å². The molecule has 0 spiro atoms. The fourth-order valence-electron chi connectivity index (χ4n) is 5.33. The molecule has 5 atom stereocenters. The van der Waals surface area contributed by atoms with Crippen LogP contribution in [0.4, 0.5) is 0 Å². The second-order valence-corrected chi connectivity index (χ2v) is 8.43. The average Bonchev–Trinajstić information content (AvgIpc) is 2.30. The Labute approximate surface area is 121 Å². The molecule has 0 heterocycles. The first kappa shape index (κ1) is 15.4. The van der Waals surface area contributed by atoms with Gasteiger partial charge in [0, 0.05) is 7.11 Å². The molecule has 0 aromatic heterocycles. The van der Waals surface area contributed by atoms with Crippen molar-refractivity contribution in [2.24, 2.45) is 29.1 Å². The van der Waals surface area contributed by atoms with Crippen LogP contribution in [0.2, 0.25) is 11.6 Å². The molecule has 0 aliphatic heterocycles. The summed E-state index contributed by atoms with van der Waals surface area (Å²) in [7, 11) is 1.93. The molecule has 3 fully saturated rings. The second kappa shape index (κ2) is 5.43. The summed E-state index contributed by atoms with van der Waals surface area (Å²) in [6.45, 7) is 15.0. The lowest BCUT2D eigenvalue weighted by Gasteiger charge is -2.63. The maximum Gasteiger partial charge on any atom is 0.298 e. The monoisotopic (exact) mass is 264 g/mol. The van der Waals surface area contributed by atoms with E-state index >= 15 is 0 Å². The predicted molar refractivity (Wildman–Crippen MR) is 84.6 cm³/mol. The highest BCUT2D eigenvalue weighted by molar-refractivity contribution is 6.55. The molecular weight excluding hydrogens is 231 g/mol. The molecule has 3 rings (SSSR count). The van der Waals surface area contributed by atoms with Crippen molar-refractivity contribution in [2.75, 3.05) is 7.11 Å². The van der Waals surface area contributed by atoms with E-state index in [1.54, 1.807) is 0 Å². The molecule has 0 aromatic rings. The maximum absolute atomic E-state index is 5.96. The van der Waals surface area contributed by atoms with Crippen molar-refractivity contribution in [3.63, 3.8) is 0 Å². The third-order valence-electron chi connectivity index (χ3n) is 6.51. The smallest absolute Gasteiger partial charge is 0.298 e. The van der Waals surface area contributed by atoms with E-state index in [0.29, 0.717) is 18.1 Å². The summed E-state index contributed by atoms with van der Waals surface area (Å²) in [5.74, 6) is 4.97. The van der Waals surface area contributed by atoms with Crippen molar-refractivity contribution in [1.82, 2.24) is 0 Å². The molecule has 2 heteroatoms. The van der Waals surface area contributed by atoms with Gasteiger partial charge in [0.15, 0.2) is 0 Å². The van der Waals surface area contributed by atoms with Gasteiger partial charge < -0.3 is 4.65 Å². The molecule has 1 nitrogen and oxygen atoms in total. The molecule has 3 aliphatic carbocycles. The molecule has 19 heavy (non-hydrogen) atoms. The van der Waals surface area contributed by atoms with Crippen molar-refractivity contribution in [1.29, 1.82) is 0 Å². The van der Waals surface area contributed by atoms with E-state index in [2.05, 4.69) is 41.5 Å². The van der Waals surface area contributed by atoms with Crippen LogP contribution in [0.25, 0.3) is 0 Å². The van der Waals surface area contributed by atoms with E-state index in [4.69, 9.17) is 4.65 Å². The number of fused-ring (bicyclic) bond motifs is 2. The highest BCUT2D eigenvalue weighted by Crippen LogP contribution is 2.65. The largest absolute Gasteiger partial charge is 0.438 e. The number of rotatable bonds is 5. The van der Waals surface area contributed by atoms with Gasteiger partial charge >= 0.3 is 0 Å². The zero-order valence-electron chi connectivity index (χ0n) is 14.1. The molecule has 1 unspecified atom stereocenters. The summed E-state index contributed by atoms with van der Waals surface area (Å²) in [5.41, 5.74) is 0.593. The lowest BCUT2D eigenvalue weighted by molar-refractivity contribution is -0.101. The number of hydrogen-bond donors (Lipinski definition) is 0. The molecule has 0 amide bonds. The fraction of sp³-hybridized carbons (Fsp3) is 1.00. The summed E-state index contributed by atoms with van der Waals surface area (Å²) >= 11 is 0. The molecule has 2 bridgehead atoms. The Balaban J connectivity index is 2.05. The van der Waals surface area contributed by atoms with E-state index in [-0.39, 0.29) is 0 Å². The third kappa shape index (κ3) is 2.62. The SMILES string of the molecule is COB(C(C)CC(C)C)[C@@H]1C[C@H]2C[C@H]([C@@H]1C)C2(C)C. The summed E-state index contributed by atoms with van der Waals surface area (Å²) in [5, 5.41) is 0. The highest BCUT2D eigenvalue weighted by Gasteiger charge is 2.58. The topological polar surface area (TPSA) is 9.23 Å². The predicted octanol–water partition coefficient (Wildman–Crippen LogP) is 5.13. The van der Waals surface area contributed by atoms with Crippen LogP contribution in [0, 0.1) is 29.1 Å². The van der Waals surface area contributed by atoms with Gasteiger partial charge in [-0.15, -0.1) is 0 Å². The van der Waals surface area contributed by atoms with Crippen LogP contribution in [0.15, 0.2) is 0 Å². The van der Waals surface area contributed by atoms with Crippen molar-refractivity contribution < 1.29 is 4.65 Å². The van der Waals surface area contributed by atoms with E-state index in [0.717, 1.165) is 29.5 Å². The minimum atomic E-state index is 0.471. The molecule has 0 saturated heterocycles. The minimum absolute atomic E-state index is 0.471. The van der Waals surface area contributed by atoms with Crippen molar-refractivity contribution in [3.8, 4) is 0 Å². The van der Waals surface area contributed by atoms with Gasteiger partial charge in [-0.2, -0.15) is 0 Å². The van der Waals surface area contributed by atoms with Crippen LogP contribution >= 0.6 is 0 Å². The van der Waals surface area contributed by atoms with Crippen LogP contribution in [0.5, 0.6) is 0 Å². The quantitative estimate of drug-likeness (QED) is 0.625. The molecule has 3 aliphatic rings. The van der Waals surface area contributed by atoms with Gasteiger partial charge in [0.1, 0.15) is 0 Å². The van der Waals surface area contributed by atoms with E-state index in [1.807, 2.05) is 7.11 Å². The lowest BCUT2D eigenvalue weighted by atomic mass is 9.32. The van der Waals surface area contributed by atoms with Crippen LogP contribution in [0.1, 0.15) is 60.8 Å². The molecule has 110 valence electrons. The first-order valence-corrected chi connectivity index (χ1v) is 8.31. The minimum Gasteiger partial charge on any atom is -0.438 e. The van der Waals surface area contributed by atoms with Crippen molar-refractivity contribution in [2.45, 2.75) is 72.4 Å². The molecule has 3 saturated carbocycles. The Hall–Kier alpha value is 0.0249. The summed E-state index contributed by atoms with van der Waals surface area (Å²) in [6, 6.07) is 0. The van der Waals surface area contributed by atoms with Crippen LogP contribution in [-0.4, -0.2) is 14.0 Å². The van der Waals surface area contributed by atoms with Gasteiger partial charge in [-0.3, -0.25) is 0 Å². The molecular formula is C17H33BO. The van der Waals surface area contributed by atoms with E-state index in [9.17, 15) is 0 Å². The van der Waals surface area contributed by atoms with Crippen molar-refractivity contribution in [3.05, 3.63) is 0 Å². The Morgan fingerprint density at radius 2 is 1.84 bits per heavy atom. The zero-order chi connectivity index (χ0) is 14.4. The van der Waals surface area contributed by atoms with Crippen molar-refractivity contribution >= 4 is 6.92 Å². The lowest BCUT2D eigenvalue weighted by Crippen LogP contribution is -2.56. The zero-order valence-corrected chi connectivity index (χ0v) is 14.1. The van der Waals surface area contributed by atoms with Gasteiger partial charge in [-0.1, -0.05) is 54.4 Å². The second-order valence-electron chi connectivity index (χ2n) is 8.43. The van der Waals surface area contributed by atoms with Gasteiger partial charge in [0.2, 0.25) is 0 Å². The Kier molecular flexibility index (Phi) is 4.40. The molecule has 0 aromatic carbocycles. The van der Waals surface area contributed by atoms with Gasteiger partial charge in [-0.05, 0) is 47.1 Å². The fourth-order valence-corrected chi connectivity index (χ4v) is 5.33. The molecule has 0 N–H and O–H groups in total. The molecule has 0 radical (unpaired) electrons. The normalized spacial score (nSPS) is 37.9. The summed E-state index contributed by atoms with van der Waals surface area (Å²) < 4.78 is 5.96. The number of hydrogen-bond acceptors (Lipinski definition) is 1. The maximum atomic E-state index is 5.96. The summed E-state index contributed by atoms with van der Waals surface area (Å²) in [6.07, 6.45) is 4.16. The van der Waals surface area contributed by atoms with Gasteiger partial charge in [-0.25, -0.2) is 0 Å². The van der Waals surface area contributed by atoms with Crippen LogP contribution < -0.4 is 0 Å². The average molecular weight is 264 g/mol. The first-order valence-electron chi connectivity index (χ1n) is 8.31. The van der Waals surface area contributed by atoms with E-state index < -0.39 is 0 Å².